The Morgan fingerprint density at radius 1 is 0.879 bits per heavy atom. The van der Waals surface area contributed by atoms with E-state index in [0.717, 1.165) is 4.90 Å². The molecule has 0 saturated carbocycles. The molecule has 4 rings (SSSR count). The fraction of sp³-hybridized carbons (Fsp3) is 0. The first kappa shape index (κ1) is 23.0. The summed E-state index contributed by atoms with van der Waals surface area (Å²) in [7, 11) is -3.94. The van der Waals surface area contributed by atoms with Gasteiger partial charge in [0, 0.05) is 23.1 Å². The first-order valence-corrected chi connectivity index (χ1v) is 11.7. The van der Waals surface area contributed by atoms with Crippen LogP contribution >= 0.6 is 34.8 Å². The maximum Gasteiger partial charge on any atom is 0.283 e. The van der Waals surface area contributed by atoms with Crippen molar-refractivity contribution in [2.45, 2.75) is 4.90 Å². The molecule has 2 amide bonds. The number of rotatable bonds is 6. The molecular formula is C20H12Cl3N5O4S. The second-order valence-electron chi connectivity index (χ2n) is 6.56. The minimum atomic E-state index is -3.94. The molecule has 1 aliphatic rings. The molecule has 0 aliphatic carbocycles. The third kappa shape index (κ3) is 4.64. The van der Waals surface area contributed by atoms with Crippen LogP contribution in [-0.2, 0) is 19.6 Å². The van der Waals surface area contributed by atoms with Crippen molar-refractivity contribution < 1.29 is 18.0 Å². The van der Waals surface area contributed by atoms with Crippen LogP contribution in [0.4, 0.5) is 17.3 Å². The predicted molar refractivity (Wildman–Crippen MR) is 125 cm³/mol. The monoisotopic (exact) mass is 523 g/mol. The van der Waals surface area contributed by atoms with Crippen LogP contribution in [0.3, 0.4) is 0 Å². The smallest absolute Gasteiger partial charge is 0.283 e. The standard InChI is InChI=1S/C20H12Cl3N5O4S/c21-11-2-7-14(22)15(10-11)28-18(29)16(23)17(19(28)30)26-12-3-5-13(6-4-12)33(31,32)27-20-24-8-1-9-25-20/h1-10,26H,(H,24,25,27). The lowest BCUT2D eigenvalue weighted by atomic mass is 10.3. The van der Waals surface area contributed by atoms with Crippen LogP contribution in [0.2, 0.25) is 10.0 Å². The molecule has 168 valence electrons. The molecule has 2 aromatic carbocycles. The molecule has 33 heavy (non-hydrogen) atoms. The Balaban J connectivity index is 1.55. The van der Waals surface area contributed by atoms with Crippen molar-refractivity contribution in [1.29, 1.82) is 0 Å². The summed E-state index contributed by atoms with van der Waals surface area (Å²) in [6, 6.07) is 11.3. The molecule has 3 aromatic rings. The molecule has 1 aromatic heterocycles. The summed E-state index contributed by atoms with van der Waals surface area (Å²) in [6.45, 7) is 0. The summed E-state index contributed by atoms with van der Waals surface area (Å²) >= 11 is 18.2. The van der Waals surface area contributed by atoms with Gasteiger partial charge < -0.3 is 5.32 Å². The third-order valence-electron chi connectivity index (χ3n) is 4.40. The van der Waals surface area contributed by atoms with Crippen molar-refractivity contribution in [3.63, 3.8) is 0 Å². The van der Waals surface area contributed by atoms with Gasteiger partial charge in [-0.15, -0.1) is 0 Å². The Hall–Kier alpha value is -3.18. The van der Waals surface area contributed by atoms with Gasteiger partial charge in [0.15, 0.2) is 0 Å². The molecule has 2 heterocycles. The maximum atomic E-state index is 12.9. The number of amides is 2. The number of hydrogen-bond donors (Lipinski definition) is 2. The molecule has 0 saturated heterocycles. The summed E-state index contributed by atoms with van der Waals surface area (Å²) in [5.41, 5.74) is 0.215. The van der Waals surface area contributed by atoms with Gasteiger partial charge in [-0.05, 0) is 48.5 Å². The number of benzene rings is 2. The van der Waals surface area contributed by atoms with E-state index in [1.165, 1.54) is 54.9 Å². The summed E-state index contributed by atoms with van der Waals surface area (Å²) < 4.78 is 27.2. The van der Waals surface area contributed by atoms with Gasteiger partial charge in [-0.25, -0.2) is 28.0 Å². The van der Waals surface area contributed by atoms with Gasteiger partial charge in [0.05, 0.1) is 15.6 Å². The number of imide groups is 1. The van der Waals surface area contributed by atoms with Crippen molar-refractivity contribution in [3.8, 4) is 0 Å². The summed E-state index contributed by atoms with van der Waals surface area (Å²) in [6.07, 6.45) is 2.80. The SMILES string of the molecule is O=C1C(Cl)=C(Nc2ccc(S(=O)(=O)Nc3ncccn3)cc2)C(=O)N1c1cc(Cl)ccc1Cl. The van der Waals surface area contributed by atoms with Gasteiger partial charge in [0.2, 0.25) is 5.95 Å². The molecule has 0 unspecified atom stereocenters. The van der Waals surface area contributed by atoms with Gasteiger partial charge >= 0.3 is 0 Å². The first-order valence-electron chi connectivity index (χ1n) is 9.08. The number of halogens is 3. The minimum absolute atomic E-state index is 0.0678. The normalized spacial score (nSPS) is 14.1. The van der Waals surface area contributed by atoms with E-state index in [1.54, 1.807) is 6.07 Å². The minimum Gasteiger partial charge on any atom is -0.350 e. The number of carbonyl (C=O) groups excluding carboxylic acids is 2. The van der Waals surface area contributed by atoms with Crippen LogP contribution in [0.25, 0.3) is 0 Å². The summed E-state index contributed by atoms with van der Waals surface area (Å²) in [5, 5.41) is 2.81. The van der Waals surface area contributed by atoms with E-state index in [9.17, 15) is 18.0 Å². The van der Waals surface area contributed by atoms with Gasteiger partial charge in [0.1, 0.15) is 10.7 Å². The Kier molecular flexibility index (Phi) is 6.26. The number of hydrogen-bond acceptors (Lipinski definition) is 7. The van der Waals surface area contributed by atoms with E-state index in [2.05, 4.69) is 20.0 Å². The number of anilines is 3. The Morgan fingerprint density at radius 3 is 2.21 bits per heavy atom. The number of nitrogens with one attached hydrogen (secondary N) is 2. The largest absolute Gasteiger partial charge is 0.350 e. The summed E-state index contributed by atoms with van der Waals surface area (Å²) in [4.78, 5) is 33.9. The molecule has 0 fully saturated rings. The topological polar surface area (TPSA) is 121 Å². The average Bonchev–Trinajstić information content (AvgIpc) is 2.99. The second kappa shape index (κ2) is 8.99. The lowest BCUT2D eigenvalue weighted by molar-refractivity contribution is -0.120. The number of carbonyl (C=O) groups is 2. The molecule has 0 bridgehead atoms. The zero-order valence-electron chi connectivity index (χ0n) is 16.3. The third-order valence-corrected chi connectivity index (χ3v) is 6.65. The molecule has 1 aliphatic heterocycles. The second-order valence-corrected chi connectivity index (χ2v) is 9.46. The fourth-order valence-corrected chi connectivity index (χ4v) is 4.42. The van der Waals surface area contributed by atoms with Gasteiger partial charge in [-0.2, -0.15) is 0 Å². The highest BCUT2D eigenvalue weighted by atomic mass is 35.5. The van der Waals surface area contributed by atoms with E-state index in [0.29, 0.717) is 5.69 Å². The fourth-order valence-electron chi connectivity index (χ4n) is 2.88. The Bertz CT molecular complexity index is 1400. The highest BCUT2D eigenvalue weighted by Gasteiger charge is 2.40. The van der Waals surface area contributed by atoms with E-state index < -0.39 is 21.8 Å². The van der Waals surface area contributed by atoms with Crippen molar-refractivity contribution in [2.75, 3.05) is 14.9 Å². The van der Waals surface area contributed by atoms with E-state index in [-0.39, 0.29) is 37.3 Å². The molecule has 0 spiro atoms. The molecule has 9 nitrogen and oxygen atoms in total. The van der Waals surface area contributed by atoms with E-state index in [1.807, 2.05) is 0 Å². The number of sulfonamides is 1. The summed E-state index contributed by atoms with van der Waals surface area (Å²) in [5.74, 6) is -1.60. The van der Waals surface area contributed by atoms with Crippen LogP contribution in [-0.4, -0.2) is 30.2 Å². The van der Waals surface area contributed by atoms with Crippen molar-refractivity contribution >= 4 is 74.0 Å². The highest BCUT2D eigenvalue weighted by Crippen LogP contribution is 2.35. The van der Waals surface area contributed by atoms with Crippen LogP contribution in [0, 0.1) is 0 Å². The molecule has 0 radical (unpaired) electrons. The van der Waals surface area contributed by atoms with Crippen LogP contribution in [0.1, 0.15) is 0 Å². The Labute approximate surface area is 203 Å². The van der Waals surface area contributed by atoms with Crippen molar-refractivity contribution in [2.24, 2.45) is 0 Å². The van der Waals surface area contributed by atoms with Gasteiger partial charge in [-0.3, -0.25) is 9.59 Å². The van der Waals surface area contributed by atoms with Crippen LogP contribution in [0.15, 0.2) is 76.5 Å². The van der Waals surface area contributed by atoms with E-state index in [4.69, 9.17) is 34.8 Å². The molecule has 13 heteroatoms. The molecule has 2 N–H and O–H groups in total. The van der Waals surface area contributed by atoms with Crippen molar-refractivity contribution in [3.05, 3.63) is 81.7 Å². The predicted octanol–water partition coefficient (Wildman–Crippen LogP) is 4.02. The van der Waals surface area contributed by atoms with E-state index >= 15 is 0 Å². The molecule has 0 atom stereocenters. The lowest BCUT2D eigenvalue weighted by Crippen LogP contribution is -2.32. The maximum absolute atomic E-state index is 12.9. The molecular weight excluding hydrogens is 513 g/mol. The Morgan fingerprint density at radius 2 is 1.55 bits per heavy atom. The first-order chi connectivity index (χ1) is 15.7. The zero-order valence-corrected chi connectivity index (χ0v) is 19.4. The van der Waals surface area contributed by atoms with Gasteiger partial charge in [0.25, 0.3) is 21.8 Å². The zero-order chi connectivity index (χ0) is 23.8. The number of aromatic nitrogens is 2. The van der Waals surface area contributed by atoms with Crippen molar-refractivity contribution in [1.82, 2.24) is 9.97 Å². The highest BCUT2D eigenvalue weighted by molar-refractivity contribution is 7.92. The quantitative estimate of drug-likeness (QED) is 0.467. The van der Waals surface area contributed by atoms with Gasteiger partial charge in [-0.1, -0.05) is 34.8 Å². The average molecular weight is 525 g/mol. The lowest BCUT2D eigenvalue weighted by Gasteiger charge is -2.17. The number of nitrogens with zero attached hydrogens (tertiary/aromatic N) is 3. The van der Waals surface area contributed by atoms with Crippen LogP contribution in [0.5, 0.6) is 0 Å². The van der Waals surface area contributed by atoms with Crippen LogP contribution < -0.4 is 14.9 Å².